The van der Waals surface area contributed by atoms with Crippen molar-refractivity contribution in [3.8, 4) is 0 Å². The highest BCUT2D eigenvalue weighted by molar-refractivity contribution is 8.18. The van der Waals surface area contributed by atoms with Crippen LogP contribution in [0.25, 0.3) is 6.08 Å². The predicted molar refractivity (Wildman–Crippen MR) is 109 cm³/mol. The zero-order valence-corrected chi connectivity index (χ0v) is 17.5. The highest BCUT2D eigenvalue weighted by Crippen LogP contribution is 2.33. The van der Waals surface area contributed by atoms with Crippen molar-refractivity contribution >= 4 is 34.9 Å². The summed E-state index contributed by atoms with van der Waals surface area (Å²) in [5.74, 6) is -0.539. The van der Waals surface area contributed by atoms with Gasteiger partial charge in [-0.05, 0) is 62.6 Å². The summed E-state index contributed by atoms with van der Waals surface area (Å²) in [4.78, 5) is 40.7. The summed E-state index contributed by atoms with van der Waals surface area (Å²) in [7, 11) is 1.66. The number of carbonyl (C=O) groups excluding carboxylic acids is 3. The van der Waals surface area contributed by atoms with Gasteiger partial charge in [-0.3, -0.25) is 19.3 Å². The lowest BCUT2D eigenvalue weighted by Gasteiger charge is -2.27. The molecule has 3 rings (SSSR count). The van der Waals surface area contributed by atoms with Gasteiger partial charge in [0.25, 0.3) is 11.1 Å². The molecule has 0 saturated carbocycles. The molecule has 0 aliphatic carbocycles. The largest absolute Gasteiger partial charge is 0.383 e. The number of nitrogens with zero attached hydrogens (tertiary/aromatic N) is 3. The van der Waals surface area contributed by atoms with Gasteiger partial charge < -0.3 is 14.2 Å². The number of carbonyl (C=O) groups is 3. The summed E-state index contributed by atoms with van der Waals surface area (Å²) in [6.45, 7) is 6.56. The average molecular weight is 406 g/mol. The minimum absolute atomic E-state index is 0.152. The van der Waals surface area contributed by atoms with Crippen LogP contribution in [0.5, 0.6) is 0 Å². The molecule has 152 valence electrons. The first-order chi connectivity index (χ1) is 13.4. The van der Waals surface area contributed by atoms with Crippen LogP contribution in [0.3, 0.4) is 0 Å². The van der Waals surface area contributed by atoms with Crippen LogP contribution in [0.1, 0.15) is 36.2 Å². The summed E-state index contributed by atoms with van der Waals surface area (Å²) >= 11 is 0.901. The van der Waals surface area contributed by atoms with Gasteiger partial charge in [0, 0.05) is 38.1 Å². The highest BCUT2D eigenvalue weighted by Gasteiger charge is 2.37. The normalized spacial score (nSPS) is 19.2. The van der Waals surface area contributed by atoms with E-state index in [0.29, 0.717) is 24.6 Å². The zero-order valence-electron chi connectivity index (χ0n) is 16.7. The molecule has 0 atom stereocenters. The van der Waals surface area contributed by atoms with E-state index < -0.39 is 0 Å². The fraction of sp³-hybridized carbons (Fsp3) is 0.550. The first kappa shape index (κ1) is 20.7. The molecule has 1 aromatic rings. The number of piperidine rings is 1. The van der Waals surface area contributed by atoms with Crippen LogP contribution < -0.4 is 0 Å². The zero-order chi connectivity index (χ0) is 20.3. The maximum atomic E-state index is 12.7. The topological polar surface area (TPSA) is 71.8 Å². The minimum atomic E-state index is -0.387. The number of imide groups is 1. The summed E-state index contributed by atoms with van der Waals surface area (Å²) < 4.78 is 7.27. The molecule has 3 amide bonds. The maximum Gasteiger partial charge on any atom is 0.294 e. The molecular formula is C20H27N3O4S. The number of amides is 3. The number of ether oxygens (including phenoxy) is 1. The Morgan fingerprint density at radius 3 is 2.61 bits per heavy atom. The molecule has 1 aromatic heterocycles. The number of hydrogen-bond acceptors (Lipinski definition) is 5. The van der Waals surface area contributed by atoms with Crippen LogP contribution >= 0.6 is 11.8 Å². The molecule has 2 fully saturated rings. The summed E-state index contributed by atoms with van der Waals surface area (Å²) in [6, 6.07) is 2.00. The Morgan fingerprint density at radius 2 is 1.93 bits per heavy atom. The quantitative estimate of drug-likeness (QED) is 0.681. The third-order valence-electron chi connectivity index (χ3n) is 5.29. The van der Waals surface area contributed by atoms with E-state index in [4.69, 9.17) is 4.74 Å². The first-order valence-electron chi connectivity index (χ1n) is 9.61. The van der Waals surface area contributed by atoms with Gasteiger partial charge in [0.15, 0.2) is 0 Å². The third-order valence-corrected chi connectivity index (χ3v) is 6.20. The molecule has 3 heterocycles. The molecule has 0 radical (unpaired) electrons. The number of hydrogen-bond donors (Lipinski definition) is 0. The molecule has 0 spiro atoms. The van der Waals surface area contributed by atoms with Gasteiger partial charge in [-0.1, -0.05) is 0 Å². The summed E-state index contributed by atoms with van der Waals surface area (Å²) in [6.07, 6.45) is 4.83. The summed E-state index contributed by atoms with van der Waals surface area (Å²) in [5, 5.41) is -0.380. The Kier molecular flexibility index (Phi) is 6.61. The van der Waals surface area contributed by atoms with E-state index in [1.54, 1.807) is 18.1 Å². The first-order valence-corrected chi connectivity index (χ1v) is 10.4. The fourth-order valence-corrected chi connectivity index (χ4v) is 4.49. The second-order valence-corrected chi connectivity index (χ2v) is 8.17. The lowest BCUT2D eigenvalue weighted by molar-refractivity contribution is -0.136. The second kappa shape index (κ2) is 8.96. The van der Waals surface area contributed by atoms with Crippen LogP contribution in [-0.4, -0.2) is 64.8 Å². The predicted octanol–water partition coefficient (Wildman–Crippen LogP) is 2.80. The van der Waals surface area contributed by atoms with Crippen LogP contribution in [0.2, 0.25) is 0 Å². The van der Waals surface area contributed by atoms with Crippen LogP contribution in [-0.2, 0) is 20.9 Å². The molecule has 0 N–H and O–H groups in total. The van der Waals surface area contributed by atoms with Crippen molar-refractivity contribution < 1.29 is 19.1 Å². The Balaban J connectivity index is 1.73. The SMILES string of the molecule is COCCn1c(C)cc(/C=C2\SC(=O)N(CC(=O)N3CCCCC3)C2=O)c1C. The van der Waals surface area contributed by atoms with Crippen molar-refractivity contribution in [2.45, 2.75) is 39.7 Å². The third kappa shape index (κ3) is 4.33. The minimum Gasteiger partial charge on any atom is -0.383 e. The van der Waals surface area contributed by atoms with Gasteiger partial charge in [-0.2, -0.15) is 0 Å². The van der Waals surface area contributed by atoms with Gasteiger partial charge in [-0.15, -0.1) is 0 Å². The van der Waals surface area contributed by atoms with E-state index in [1.807, 2.05) is 19.9 Å². The van der Waals surface area contributed by atoms with Crippen molar-refractivity contribution in [1.82, 2.24) is 14.4 Å². The standard InChI is InChI=1S/C20H27N3O4S/c1-14-11-16(15(2)22(14)9-10-27-3)12-17-19(25)23(20(26)28-17)13-18(24)21-7-5-4-6-8-21/h11-12H,4-10,13H2,1-3H3/b17-12-. The van der Waals surface area contributed by atoms with E-state index in [1.165, 1.54) is 0 Å². The van der Waals surface area contributed by atoms with Gasteiger partial charge in [0.05, 0.1) is 11.5 Å². The van der Waals surface area contributed by atoms with Crippen molar-refractivity contribution in [2.75, 3.05) is 33.4 Å². The van der Waals surface area contributed by atoms with E-state index in [9.17, 15) is 14.4 Å². The molecule has 8 heteroatoms. The Hall–Kier alpha value is -2.06. The molecule has 2 aliphatic heterocycles. The lowest BCUT2D eigenvalue weighted by Crippen LogP contribution is -2.44. The Morgan fingerprint density at radius 1 is 1.21 bits per heavy atom. The van der Waals surface area contributed by atoms with E-state index in [0.717, 1.165) is 59.4 Å². The van der Waals surface area contributed by atoms with E-state index >= 15 is 0 Å². The molecule has 28 heavy (non-hydrogen) atoms. The van der Waals surface area contributed by atoms with Gasteiger partial charge in [0.1, 0.15) is 6.54 Å². The van der Waals surface area contributed by atoms with Crippen LogP contribution in [0.4, 0.5) is 4.79 Å². The van der Waals surface area contributed by atoms with Crippen LogP contribution in [0, 0.1) is 13.8 Å². The summed E-state index contributed by atoms with van der Waals surface area (Å²) in [5.41, 5.74) is 2.99. The molecule has 2 saturated heterocycles. The van der Waals surface area contributed by atoms with Crippen molar-refractivity contribution in [3.05, 3.63) is 27.9 Å². The van der Waals surface area contributed by atoms with E-state index in [-0.39, 0.29) is 23.6 Å². The Labute approximate surface area is 169 Å². The van der Waals surface area contributed by atoms with Crippen LogP contribution in [0.15, 0.2) is 11.0 Å². The molecule has 0 unspecified atom stereocenters. The average Bonchev–Trinajstić information content (AvgIpc) is 3.10. The highest BCUT2D eigenvalue weighted by atomic mass is 32.2. The smallest absolute Gasteiger partial charge is 0.294 e. The number of thioether (sulfide) groups is 1. The van der Waals surface area contributed by atoms with Gasteiger partial charge >= 0.3 is 0 Å². The Bertz CT molecular complexity index is 809. The fourth-order valence-electron chi connectivity index (χ4n) is 3.66. The molecule has 2 aliphatic rings. The maximum absolute atomic E-state index is 12.7. The second-order valence-electron chi connectivity index (χ2n) is 7.18. The monoisotopic (exact) mass is 405 g/mol. The van der Waals surface area contributed by atoms with Crippen molar-refractivity contribution in [2.24, 2.45) is 0 Å². The van der Waals surface area contributed by atoms with Gasteiger partial charge in [-0.25, -0.2) is 0 Å². The number of aromatic nitrogens is 1. The molecule has 0 bridgehead atoms. The molecular weight excluding hydrogens is 378 g/mol. The van der Waals surface area contributed by atoms with Gasteiger partial charge in [0.2, 0.25) is 5.91 Å². The number of rotatable bonds is 6. The van der Waals surface area contributed by atoms with E-state index in [2.05, 4.69) is 4.57 Å². The lowest BCUT2D eigenvalue weighted by atomic mass is 10.1. The molecule has 0 aromatic carbocycles. The van der Waals surface area contributed by atoms with Crippen molar-refractivity contribution in [1.29, 1.82) is 0 Å². The number of aryl methyl sites for hydroxylation is 1. The molecule has 7 nitrogen and oxygen atoms in total. The number of likely N-dealkylation sites (tertiary alicyclic amines) is 1. The number of methoxy groups -OCH3 is 1. The van der Waals surface area contributed by atoms with Crippen molar-refractivity contribution in [3.63, 3.8) is 0 Å².